The number of pyridine rings is 1. The van der Waals surface area contributed by atoms with Gasteiger partial charge in [0.25, 0.3) is 5.56 Å². The van der Waals surface area contributed by atoms with E-state index in [0.29, 0.717) is 0 Å². The van der Waals surface area contributed by atoms with Crippen molar-refractivity contribution in [1.29, 1.82) is 0 Å². The van der Waals surface area contributed by atoms with Gasteiger partial charge in [0.15, 0.2) is 0 Å². The molecular formula is C8H10ClF3N2O. The first-order valence-electron chi connectivity index (χ1n) is 3.93. The number of halogens is 4. The number of hydrogen-bond donors (Lipinski definition) is 1. The Balaban J connectivity index is 0.00000196. The van der Waals surface area contributed by atoms with Crippen LogP contribution in [-0.4, -0.2) is 11.1 Å². The van der Waals surface area contributed by atoms with Gasteiger partial charge in [-0.1, -0.05) is 0 Å². The number of nitrogens with two attached hydrogens (primary N) is 1. The van der Waals surface area contributed by atoms with Crippen LogP contribution in [0.25, 0.3) is 0 Å². The minimum Gasteiger partial charge on any atom is -0.329 e. The first kappa shape index (κ1) is 14.0. The zero-order valence-electron chi connectivity index (χ0n) is 7.62. The number of alkyl halides is 3. The van der Waals surface area contributed by atoms with Crippen LogP contribution in [0.5, 0.6) is 0 Å². The molecule has 0 saturated heterocycles. The normalized spacial score (nSPS) is 10.9. The fourth-order valence-corrected chi connectivity index (χ4v) is 1.01. The predicted molar refractivity (Wildman–Crippen MR) is 52.0 cm³/mol. The summed E-state index contributed by atoms with van der Waals surface area (Å²) < 4.78 is 37.5. The molecule has 0 aromatic carbocycles. The molecule has 0 radical (unpaired) electrons. The fraction of sp³-hybridized carbons (Fsp3) is 0.375. The molecule has 1 aromatic rings. The van der Waals surface area contributed by atoms with Crippen molar-refractivity contribution in [2.75, 3.05) is 6.54 Å². The Morgan fingerprint density at radius 2 is 1.93 bits per heavy atom. The topological polar surface area (TPSA) is 48.0 Å². The van der Waals surface area contributed by atoms with Gasteiger partial charge in [-0.25, -0.2) is 0 Å². The van der Waals surface area contributed by atoms with Gasteiger partial charge in [-0.3, -0.25) is 4.79 Å². The van der Waals surface area contributed by atoms with Crippen molar-refractivity contribution in [1.82, 2.24) is 4.57 Å². The number of nitrogens with zero attached hydrogens (tertiary/aromatic N) is 1. The van der Waals surface area contributed by atoms with Gasteiger partial charge >= 0.3 is 6.18 Å². The van der Waals surface area contributed by atoms with Crippen molar-refractivity contribution in [3.63, 3.8) is 0 Å². The predicted octanol–water partition coefficient (Wildman–Crippen LogP) is 1.25. The van der Waals surface area contributed by atoms with Crippen LogP contribution in [-0.2, 0) is 12.7 Å². The third kappa shape index (κ3) is 3.56. The summed E-state index contributed by atoms with van der Waals surface area (Å²) in [5, 5.41) is 0. The molecule has 0 atom stereocenters. The summed E-state index contributed by atoms with van der Waals surface area (Å²) >= 11 is 0. The maximum atomic E-state index is 12.2. The fourth-order valence-electron chi connectivity index (χ4n) is 1.01. The van der Waals surface area contributed by atoms with E-state index in [2.05, 4.69) is 0 Å². The summed E-state index contributed by atoms with van der Waals surface area (Å²) in [5.74, 6) is 0. The third-order valence-corrected chi connectivity index (χ3v) is 1.68. The summed E-state index contributed by atoms with van der Waals surface area (Å²) in [6, 6.07) is 1.65. The lowest BCUT2D eigenvalue weighted by atomic mass is 10.3. The Hall–Kier alpha value is -1.01. The highest BCUT2D eigenvalue weighted by Crippen LogP contribution is 2.27. The molecular weight excluding hydrogens is 233 g/mol. The minimum absolute atomic E-state index is 0. The molecule has 0 spiro atoms. The molecule has 0 saturated carbocycles. The molecule has 1 heterocycles. The summed E-state index contributed by atoms with van der Waals surface area (Å²) in [6.45, 7) is 0.212. The van der Waals surface area contributed by atoms with Crippen LogP contribution in [0.3, 0.4) is 0 Å². The molecule has 0 aliphatic heterocycles. The van der Waals surface area contributed by atoms with Gasteiger partial charge in [-0.15, -0.1) is 12.4 Å². The SMILES string of the molecule is Cl.NCCn1cc(C(F)(F)F)ccc1=O. The Bertz CT molecular complexity index is 375. The molecule has 1 aromatic heterocycles. The van der Waals surface area contributed by atoms with Crippen molar-refractivity contribution < 1.29 is 13.2 Å². The highest BCUT2D eigenvalue weighted by molar-refractivity contribution is 5.85. The second-order valence-electron chi connectivity index (χ2n) is 2.74. The Kier molecular flexibility index (Phi) is 4.83. The van der Waals surface area contributed by atoms with Crippen LogP contribution in [0, 0.1) is 0 Å². The molecule has 3 nitrogen and oxygen atoms in total. The molecule has 0 amide bonds. The standard InChI is InChI=1S/C8H9F3N2O.ClH/c9-8(10,11)6-1-2-7(14)13(5-6)4-3-12;/h1-2,5H,3-4,12H2;1H. The van der Waals surface area contributed by atoms with Gasteiger partial charge in [0, 0.05) is 25.4 Å². The lowest BCUT2D eigenvalue weighted by Gasteiger charge is -2.09. The van der Waals surface area contributed by atoms with Crippen LogP contribution < -0.4 is 11.3 Å². The molecule has 2 N–H and O–H groups in total. The molecule has 86 valence electrons. The maximum Gasteiger partial charge on any atom is 0.417 e. The summed E-state index contributed by atoms with van der Waals surface area (Å²) in [5.41, 5.74) is 3.82. The Morgan fingerprint density at radius 3 is 2.40 bits per heavy atom. The van der Waals surface area contributed by atoms with Crippen LogP contribution in [0.15, 0.2) is 23.1 Å². The minimum atomic E-state index is -4.43. The van der Waals surface area contributed by atoms with Gasteiger partial charge in [0.05, 0.1) is 5.56 Å². The average Bonchev–Trinajstić information content (AvgIpc) is 2.07. The van der Waals surface area contributed by atoms with Crippen molar-refractivity contribution in [2.45, 2.75) is 12.7 Å². The summed E-state index contributed by atoms with van der Waals surface area (Å²) in [6.07, 6.45) is -3.65. The average molecular weight is 243 g/mol. The summed E-state index contributed by atoms with van der Waals surface area (Å²) in [7, 11) is 0. The second-order valence-corrected chi connectivity index (χ2v) is 2.74. The molecule has 0 fully saturated rings. The molecule has 1 rings (SSSR count). The van der Waals surface area contributed by atoms with Crippen LogP contribution >= 0.6 is 12.4 Å². The Labute approximate surface area is 90.1 Å². The van der Waals surface area contributed by atoms with E-state index in [1.807, 2.05) is 0 Å². The summed E-state index contributed by atoms with van der Waals surface area (Å²) in [4.78, 5) is 11.0. The van der Waals surface area contributed by atoms with Crippen molar-refractivity contribution in [2.24, 2.45) is 5.73 Å². The van der Waals surface area contributed by atoms with Crippen LogP contribution in [0.4, 0.5) is 13.2 Å². The van der Waals surface area contributed by atoms with E-state index in [0.717, 1.165) is 22.9 Å². The Morgan fingerprint density at radius 1 is 1.33 bits per heavy atom. The van der Waals surface area contributed by atoms with Crippen molar-refractivity contribution in [3.05, 3.63) is 34.2 Å². The van der Waals surface area contributed by atoms with Gasteiger partial charge in [0.1, 0.15) is 0 Å². The monoisotopic (exact) mass is 242 g/mol. The third-order valence-electron chi connectivity index (χ3n) is 1.68. The van der Waals surface area contributed by atoms with Crippen LogP contribution in [0.2, 0.25) is 0 Å². The zero-order valence-corrected chi connectivity index (χ0v) is 8.44. The second kappa shape index (κ2) is 5.18. The van der Waals surface area contributed by atoms with E-state index in [9.17, 15) is 18.0 Å². The van der Waals surface area contributed by atoms with E-state index in [4.69, 9.17) is 5.73 Å². The lowest BCUT2D eigenvalue weighted by Crippen LogP contribution is -2.24. The maximum absolute atomic E-state index is 12.2. The quantitative estimate of drug-likeness (QED) is 0.849. The van der Waals surface area contributed by atoms with E-state index < -0.39 is 17.3 Å². The van der Waals surface area contributed by atoms with Gasteiger partial charge < -0.3 is 10.3 Å². The van der Waals surface area contributed by atoms with Gasteiger partial charge in [0.2, 0.25) is 0 Å². The van der Waals surface area contributed by atoms with E-state index in [1.54, 1.807) is 0 Å². The lowest BCUT2D eigenvalue weighted by molar-refractivity contribution is -0.138. The zero-order chi connectivity index (χ0) is 10.8. The van der Waals surface area contributed by atoms with Gasteiger partial charge in [-0.05, 0) is 6.07 Å². The molecule has 15 heavy (non-hydrogen) atoms. The highest BCUT2D eigenvalue weighted by Gasteiger charge is 2.30. The van der Waals surface area contributed by atoms with E-state index in [1.165, 1.54) is 0 Å². The molecule has 0 aliphatic rings. The highest BCUT2D eigenvalue weighted by atomic mass is 35.5. The molecule has 0 unspecified atom stereocenters. The number of aromatic nitrogens is 1. The van der Waals surface area contributed by atoms with Crippen LogP contribution in [0.1, 0.15) is 5.56 Å². The van der Waals surface area contributed by atoms with E-state index in [-0.39, 0.29) is 25.5 Å². The van der Waals surface area contributed by atoms with Crippen molar-refractivity contribution >= 4 is 12.4 Å². The smallest absolute Gasteiger partial charge is 0.329 e. The molecule has 7 heteroatoms. The molecule has 0 bridgehead atoms. The van der Waals surface area contributed by atoms with E-state index >= 15 is 0 Å². The van der Waals surface area contributed by atoms with Gasteiger partial charge in [-0.2, -0.15) is 13.2 Å². The number of rotatable bonds is 2. The first-order valence-corrected chi connectivity index (χ1v) is 3.93. The largest absolute Gasteiger partial charge is 0.417 e. The first-order chi connectivity index (χ1) is 6.45. The number of hydrogen-bond acceptors (Lipinski definition) is 2. The van der Waals surface area contributed by atoms with Crippen molar-refractivity contribution in [3.8, 4) is 0 Å². The molecule has 0 aliphatic carbocycles.